The van der Waals surface area contributed by atoms with E-state index in [-0.39, 0.29) is 23.6 Å². The Labute approximate surface area is 122 Å². The number of carboxylic acid groups (broad SMARTS) is 1. The number of benzene rings is 1. The molecular weight excluding hydrogens is 272 g/mol. The van der Waals surface area contributed by atoms with E-state index in [1.54, 1.807) is 12.1 Å². The molecule has 0 radical (unpaired) electrons. The molecule has 0 saturated heterocycles. The van der Waals surface area contributed by atoms with Gasteiger partial charge in [-0.05, 0) is 55.9 Å². The lowest BCUT2D eigenvalue weighted by Gasteiger charge is -2.16. The summed E-state index contributed by atoms with van der Waals surface area (Å²) in [5.74, 6) is 0.524. The highest BCUT2D eigenvalue weighted by Gasteiger charge is 2.61. The fourth-order valence-electron chi connectivity index (χ4n) is 3.34. The molecule has 1 aromatic rings. The highest BCUT2D eigenvalue weighted by molar-refractivity contribution is 5.87. The number of aromatic carboxylic acids is 1. The molecule has 2 saturated carbocycles. The molecule has 21 heavy (non-hydrogen) atoms. The molecule has 5 nitrogen and oxygen atoms in total. The van der Waals surface area contributed by atoms with Gasteiger partial charge >= 0.3 is 11.9 Å². The smallest absolute Gasteiger partial charge is 0.335 e. The summed E-state index contributed by atoms with van der Waals surface area (Å²) < 4.78 is 10.9. The van der Waals surface area contributed by atoms with E-state index in [9.17, 15) is 9.59 Å². The van der Waals surface area contributed by atoms with Crippen molar-refractivity contribution in [2.24, 2.45) is 17.8 Å². The number of rotatable bonds is 5. The molecule has 0 heterocycles. The summed E-state index contributed by atoms with van der Waals surface area (Å²) in [6, 6.07) is 6.43. The second-order valence-electron chi connectivity index (χ2n) is 5.65. The summed E-state index contributed by atoms with van der Waals surface area (Å²) in [5, 5.41) is 8.84. The van der Waals surface area contributed by atoms with E-state index >= 15 is 0 Å². The minimum atomic E-state index is -0.944. The van der Waals surface area contributed by atoms with Gasteiger partial charge in [0.1, 0.15) is 5.75 Å². The average Bonchev–Trinajstić information content (AvgIpc) is 2.97. The first-order chi connectivity index (χ1) is 10.1. The molecule has 2 aliphatic rings. The van der Waals surface area contributed by atoms with E-state index in [1.807, 2.05) is 6.92 Å². The number of esters is 1. The molecule has 2 unspecified atom stereocenters. The second kappa shape index (κ2) is 5.39. The minimum Gasteiger partial charge on any atom is -0.490 e. The lowest BCUT2D eigenvalue weighted by Crippen LogP contribution is -2.19. The Morgan fingerprint density at radius 3 is 2.33 bits per heavy atom. The quantitative estimate of drug-likeness (QED) is 0.843. The number of ether oxygens (including phenoxy) is 2. The zero-order chi connectivity index (χ0) is 15.0. The van der Waals surface area contributed by atoms with Crippen LogP contribution in [0.5, 0.6) is 5.75 Å². The van der Waals surface area contributed by atoms with Crippen LogP contribution in [0.4, 0.5) is 0 Å². The molecular formula is C16H18O5. The second-order valence-corrected chi connectivity index (χ2v) is 5.65. The maximum absolute atomic E-state index is 11.7. The van der Waals surface area contributed by atoms with Gasteiger partial charge in [-0.3, -0.25) is 4.79 Å². The largest absolute Gasteiger partial charge is 0.490 e. The Morgan fingerprint density at radius 1 is 1.19 bits per heavy atom. The highest BCUT2D eigenvalue weighted by Crippen LogP contribution is 2.58. The number of carbonyl (C=O) groups excluding carboxylic acids is 1. The third-order valence-corrected chi connectivity index (χ3v) is 4.36. The summed E-state index contributed by atoms with van der Waals surface area (Å²) >= 11 is 0. The summed E-state index contributed by atoms with van der Waals surface area (Å²) in [7, 11) is 0. The van der Waals surface area contributed by atoms with E-state index in [4.69, 9.17) is 14.6 Å². The molecule has 0 amide bonds. The molecule has 3 rings (SSSR count). The van der Waals surface area contributed by atoms with Crippen LogP contribution in [-0.4, -0.2) is 29.8 Å². The van der Waals surface area contributed by atoms with Crippen molar-refractivity contribution in [2.45, 2.75) is 25.9 Å². The first-order valence-electron chi connectivity index (χ1n) is 7.26. The predicted molar refractivity (Wildman–Crippen MR) is 74.2 cm³/mol. The zero-order valence-corrected chi connectivity index (χ0v) is 11.8. The van der Waals surface area contributed by atoms with E-state index in [0.717, 1.165) is 12.8 Å². The van der Waals surface area contributed by atoms with Crippen molar-refractivity contribution < 1.29 is 24.2 Å². The molecule has 112 valence electrons. The van der Waals surface area contributed by atoms with Crippen molar-refractivity contribution in [1.82, 2.24) is 0 Å². The number of carboxylic acids is 1. The normalized spacial score (nSPS) is 29.6. The van der Waals surface area contributed by atoms with Gasteiger partial charge in [0.05, 0.1) is 24.2 Å². The third-order valence-electron chi connectivity index (χ3n) is 4.36. The standard InChI is InChI=1S/C16H18O5/c1-2-20-16(19)14-12-7-11(8-13(12)14)21-10-5-3-9(4-6-10)15(17)18/h3-6,11-14H,2,7-8H2,1H3,(H,17,18). The van der Waals surface area contributed by atoms with Crippen LogP contribution in [0, 0.1) is 17.8 Å². The van der Waals surface area contributed by atoms with Gasteiger partial charge in [0.25, 0.3) is 0 Å². The lowest BCUT2D eigenvalue weighted by molar-refractivity contribution is -0.145. The lowest BCUT2D eigenvalue weighted by atomic mass is 10.1. The van der Waals surface area contributed by atoms with Gasteiger partial charge in [-0.15, -0.1) is 0 Å². The number of carbonyl (C=O) groups is 2. The van der Waals surface area contributed by atoms with Crippen LogP contribution < -0.4 is 4.74 Å². The van der Waals surface area contributed by atoms with E-state index in [0.29, 0.717) is 24.2 Å². The van der Waals surface area contributed by atoms with Gasteiger partial charge in [-0.25, -0.2) is 4.79 Å². The fourth-order valence-corrected chi connectivity index (χ4v) is 3.34. The number of hydrogen-bond acceptors (Lipinski definition) is 4. The molecule has 2 fully saturated rings. The molecule has 0 aromatic heterocycles. The van der Waals surface area contributed by atoms with E-state index in [1.165, 1.54) is 12.1 Å². The van der Waals surface area contributed by atoms with Gasteiger partial charge in [0, 0.05) is 0 Å². The first kappa shape index (κ1) is 13.9. The monoisotopic (exact) mass is 290 g/mol. The molecule has 0 aliphatic heterocycles. The summed E-state index contributed by atoms with van der Waals surface area (Å²) in [5.41, 5.74) is 0.249. The van der Waals surface area contributed by atoms with Crippen molar-refractivity contribution in [3.8, 4) is 5.75 Å². The van der Waals surface area contributed by atoms with Crippen LogP contribution in [0.15, 0.2) is 24.3 Å². The Balaban J connectivity index is 1.51. The summed E-state index contributed by atoms with van der Waals surface area (Å²) in [4.78, 5) is 22.4. The average molecular weight is 290 g/mol. The van der Waals surface area contributed by atoms with Crippen LogP contribution >= 0.6 is 0 Å². The first-order valence-corrected chi connectivity index (χ1v) is 7.26. The maximum atomic E-state index is 11.7. The topological polar surface area (TPSA) is 72.8 Å². The Bertz CT molecular complexity index is 538. The van der Waals surface area contributed by atoms with Crippen LogP contribution in [0.3, 0.4) is 0 Å². The van der Waals surface area contributed by atoms with E-state index in [2.05, 4.69) is 0 Å². The van der Waals surface area contributed by atoms with Crippen molar-refractivity contribution in [1.29, 1.82) is 0 Å². The molecule has 1 N–H and O–H groups in total. The van der Waals surface area contributed by atoms with Crippen molar-refractivity contribution in [3.05, 3.63) is 29.8 Å². The maximum Gasteiger partial charge on any atom is 0.335 e. The van der Waals surface area contributed by atoms with Gasteiger partial charge in [0.2, 0.25) is 0 Å². The van der Waals surface area contributed by atoms with Gasteiger partial charge in [-0.1, -0.05) is 0 Å². The van der Waals surface area contributed by atoms with Gasteiger partial charge in [-0.2, -0.15) is 0 Å². The van der Waals surface area contributed by atoms with Crippen LogP contribution in [0.1, 0.15) is 30.1 Å². The Hall–Kier alpha value is -2.04. The predicted octanol–water partition coefficient (Wildman–Crippen LogP) is 2.35. The molecule has 5 heteroatoms. The van der Waals surface area contributed by atoms with Crippen molar-refractivity contribution >= 4 is 11.9 Å². The van der Waals surface area contributed by atoms with Gasteiger partial charge < -0.3 is 14.6 Å². The number of fused-ring (bicyclic) bond motifs is 1. The number of hydrogen-bond donors (Lipinski definition) is 1. The molecule has 0 spiro atoms. The highest BCUT2D eigenvalue weighted by atomic mass is 16.5. The third kappa shape index (κ3) is 2.73. The van der Waals surface area contributed by atoms with Crippen LogP contribution in [-0.2, 0) is 9.53 Å². The van der Waals surface area contributed by atoms with Crippen molar-refractivity contribution in [3.63, 3.8) is 0 Å². The van der Waals surface area contributed by atoms with Crippen LogP contribution in [0.2, 0.25) is 0 Å². The van der Waals surface area contributed by atoms with Crippen LogP contribution in [0.25, 0.3) is 0 Å². The molecule has 1 aromatic carbocycles. The minimum absolute atomic E-state index is 0.0687. The Kier molecular flexibility index (Phi) is 3.57. The zero-order valence-electron chi connectivity index (χ0n) is 11.8. The Morgan fingerprint density at radius 2 is 1.81 bits per heavy atom. The fraction of sp³-hybridized carbons (Fsp3) is 0.500. The molecule has 0 bridgehead atoms. The molecule has 2 aliphatic carbocycles. The summed E-state index contributed by atoms with van der Waals surface area (Å²) in [6.07, 6.45) is 1.85. The summed E-state index contributed by atoms with van der Waals surface area (Å²) in [6.45, 7) is 2.26. The SMILES string of the molecule is CCOC(=O)C1C2CC(Oc3ccc(C(=O)O)cc3)CC21. The van der Waals surface area contributed by atoms with Gasteiger partial charge in [0.15, 0.2) is 0 Å². The molecule has 2 atom stereocenters. The van der Waals surface area contributed by atoms with E-state index < -0.39 is 5.97 Å². The van der Waals surface area contributed by atoms with Crippen molar-refractivity contribution in [2.75, 3.05) is 6.61 Å².